The largest absolute Gasteiger partial charge is 0.383 e. The highest BCUT2D eigenvalue weighted by Gasteiger charge is 2.26. The van der Waals surface area contributed by atoms with Crippen molar-refractivity contribution in [2.24, 2.45) is 5.92 Å². The van der Waals surface area contributed by atoms with E-state index < -0.39 is 0 Å². The smallest absolute Gasteiger partial charge is 0.0587 e. The van der Waals surface area contributed by atoms with E-state index in [1.165, 1.54) is 30.6 Å². The molecule has 1 aromatic rings. The molecule has 0 unspecified atom stereocenters. The molecule has 0 atom stereocenters. The Kier molecular flexibility index (Phi) is 6.52. The quantitative estimate of drug-likeness (QED) is 0.682. The van der Waals surface area contributed by atoms with E-state index in [0.29, 0.717) is 6.04 Å². The van der Waals surface area contributed by atoms with Crippen LogP contribution in [-0.2, 0) is 11.3 Å². The van der Waals surface area contributed by atoms with Crippen LogP contribution in [-0.4, -0.2) is 32.8 Å². The molecule has 2 rings (SSSR count). The molecule has 0 saturated heterocycles. The Bertz CT molecular complexity index is 446. The summed E-state index contributed by atoms with van der Waals surface area (Å²) in [7, 11) is 1.74. The number of nitrogens with zero attached hydrogens (tertiary/aromatic N) is 1. The van der Waals surface area contributed by atoms with Gasteiger partial charge in [-0.3, -0.25) is 0 Å². The standard InChI is InChI=1S/C17H27BrN2O/c1-13(2)20(12-14-4-5-14)17-10-16(18)7-6-15(17)11-19-8-9-21-3/h6-7,10,13-14,19H,4-5,8-9,11-12H2,1-3H3. The molecule has 118 valence electrons. The molecule has 0 bridgehead atoms. The van der Waals surface area contributed by atoms with E-state index in [2.05, 4.69) is 58.2 Å². The zero-order chi connectivity index (χ0) is 15.2. The number of halogens is 1. The van der Waals surface area contributed by atoms with Crippen LogP contribution in [0.2, 0.25) is 0 Å². The van der Waals surface area contributed by atoms with Crippen molar-refractivity contribution in [1.82, 2.24) is 5.32 Å². The summed E-state index contributed by atoms with van der Waals surface area (Å²) in [5, 5.41) is 3.46. The number of ether oxygens (including phenoxy) is 1. The molecule has 3 nitrogen and oxygen atoms in total. The molecule has 1 aromatic carbocycles. The maximum Gasteiger partial charge on any atom is 0.0587 e. The molecule has 1 aliphatic carbocycles. The molecule has 0 aliphatic heterocycles. The normalized spacial score (nSPS) is 14.7. The number of methoxy groups -OCH3 is 1. The van der Waals surface area contributed by atoms with Crippen molar-refractivity contribution < 1.29 is 4.74 Å². The second-order valence-electron chi connectivity index (χ2n) is 6.13. The van der Waals surface area contributed by atoms with Crippen molar-refractivity contribution in [3.05, 3.63) is 28.2 Å². The zero-order valence-corrected chi connectivity index (χ0v) is 14.9. The minimum Gasteiger partial charge on any atom is -0.383 e. The lowest BCUT2D eigenvalue weighted by molar-refractivity contribution is 0.199. The van der Waals surface area contributed by atoms with Gasteiger partial charge in [0.25, 0.3) is 0 Å². The molecule has 0 spiro atoms. The summed E-state index contributed by atoms with van der Waals surface area (Å²) in [6, 6.07) is 7.14. The summed E-state index contributed by atoms with van der Waals surface area (Å²) >= 11 is 3.62. The van der Waals surface area contributed by atoms with Crippen molar-refractivity contribution in [3.63, 3.8) is 0 Å². The third kappa shape index (κ3) is 5.28. The highest BCUT2D eigenvalue weighted by atomic mass is 79.9. The molecule has 1 N–H and O–H groups in total. The summed E-state index contributed by atoms with van der Waals surface area (Å²) in [5.74, 6) is 0.890. The summed E-state index contributed by atoms with van der Waals surface area (Å²) in [6.07, 6.45) is 2.78. The number of hydrogen-bond donors (Lipinski definition) is 1. The van der Waals surface area contributed by atoms with Gasteiger partial charge in [-0.1, -0.05) is 22.0 Å². The van der Waals surface area contributed by atoms with Crippen LogP contribution in [0.25, 0.3) is 0 Å². The average Bonchev–Trinajstić information content (AvgIpc) is 3.26. The Balaban J connectivity index is 2.11. The minimum atomic E-state index is 0.526. The predicted octanol–water partition coefficient (Wildman–Crippen LogP) is 3.81. The molecule has 0 aromatic heterocycles. The van der Waals surface area contributed by atoms with Crippen LogP contribution < -0.4 is 10.2 Å². The van der Waals surface area contributed by atoms with E-state index in [0.717, 1.165) is 30.1 Å². The third-order valence-electron chi connectivity index (χ3n) is 3.93. The lowest BCUT2D eigenvalue weighted by Crippen LogP contribution is -2.34. The zero-order valence-electron chi connectivity index (χ0n) is 13.4. The van der Waals surface area contributed by atoms with Gasteiger partial charge in [-0.25, -0.2) is 0 Å². The number of benzene rings is 1. The fraction of sp³-hybridized carbons (Fsp3) is 0.647. The molecule has 1 aliphatic rings. The van der Waals surface area contributed by atoms with Gasteiger partial charge in [-0.15, -0.1) is 0 Å². The molecule has 1 saturated carbocycles. The first-order chi connectivity index (χ1) is 10.1. The van der Waals surface area contributed by atoms with Gasteiger partial charge in [0.2, 0.25) is 0 Å². The Labute approximate surface area is 137 Å². The van der Waals surface area contributed by atoms with Gasteiger partial charge < -0.3 is 15.0 Å². The summed E-state index contributed by atoms with van der Waals surface area (Å²) in [5.41, 5.74) is 2.72. The van der Waals surface area contributed by atoms with E-state index in [1.807, 2.05) is 0 Å². The van der Waals surface area contributed by atoms with E-state index in [-0.39, 0.29) is 0 Å². The Morgan fingerprint density at radius 3 is 2.76 bits per heavy atom. The second-order valence-corrected chi connectivity index (χ2v) is 7.05. The van der Waals surface area contributed by atoms with Gasteiger partial charge >= 0.3 is 0 Å². The van der Waals surface area contributed by atoms with E-state index in [1.54, 1.807) is 7.11 Å². The fourth-order valence-electron chi connectivity index (χ4n) is 2.52. The molecule has 4 heteroatoms. The number of hydrogen-bond acceptors (Lipinski definition) is 3. The lowest BCUT2D eigenvalue weighted by atomic mass is 10.1. The Morgan fingerprint density at radius 2 is 2.14 bits per heavy atom. The van der Waals surface area contributed by atoms with Crippen LogP contribution in [0.4, 0.5) is 5.69 Å². The average molecular weight is 355 g/mol. The van der Waals surface area contributed by atoms with E-state index in [9.17, 15) is 0 Å². The van der Waals surface area contributed by atoms with Crippen molar-refractivity contribution in [3.8, 4) is 0 Å². The van der Waals surface area contributed by atoms with E-state index >= 15 is 0 Å². The molecule has 0 amide bonds. The summed E-state index contributed by atoms with van der Waals surface area (Å²) in [4.78, 5) is 2.55. The fourth-order valence-corrected chi connectivity index (χ4v) is 2.87. The SMILES string of the molecule is COCCNCc1ccc(Br)cc1N(CC1CC1)C(C)C. The highest BCUT2D eigenvalue weighted by Crippen LogP contribution is 2.34. The van der Waals surface area contributed by atoms with Gasteiger partial charge in [0.15, 0.2) is 0 Å². The highest BCUT2D eigenvalue weighted by molar-refractivity contribution is 9.10. The lowest BCUT2D eigenvalue weighted by Gasteiger charge is -2.31. The molecular formula is C17H27BrN2O. The molecule has 0 heterocycles. The van der Waals surface area contributed by atoms with Crippen LogP contribution in [0, 0.1) is 5.92 Å². The van der Waals surface area contributed by atoms with Crippen molar-refractivity contribution in [2.75, 3.05) is 31.7 Å². The van der Waals surface area contributed by atoms with Gasteiger partial charge in [-0.2, -0.15) is 0 Å². The first-order valence-corrected chi connectivity index (χ1v) is 8.66. The Hall–Kier alpha value is -0.580. The van der Waals surface area contributed by atoms with Crippen molar-refractivity contribution >= 4 is 21.6 Å². The molecule has 1 fully saturated rings. The topological polar surface area (TPSA) is 24.5 Å². The van der Waals surface area contributed by atoms with Gasteiger partial charge in [0.1, 0.15) is 0 Å². The van der Waals surface area contributed by atoms with Gasteiger partial charge in [0, 0.05) is 42.9 Å². The van der Waals surface area contributed by atoms with Crippen LogP contribution in [0.15, 0.2) is 22.7 Å². The molecule has 21 heavy (non-hydrogen) atoms. The van der Waals surface area contributed by atoms with Crippen molar-refractivity contribution in [1.29, 1.82) is 0 Å². The molecular weight excluding hydrogens is 328 g/mol. The first kappa shape index (κ1) is 16.8. The predicted molar refractivity (Wildman–Crippen MR) is 92.9 cm³/mol. The van der Waals surface area contributed by atoms with Crippen LogP contribution in [0.3, 0.4) is 0 Å². The van der Waals surface area contributed by atoms with Crippen LogP contribution >= 0.6 is 15.9 Å². The van der Waals surface area contributed by atoms with Gasteiger partial charge in [-0.05, 0) is 50.3 Å². The number of nitrogens with one attached hydrogen (secondary N) is 1. The third-order valence-corrected chi connectivity index (χ3v) is 4.42. The number of anilines is 1. The maximum atomic E-state index is 5.10. The van der Waals surface area contributed by atoms with E-state index in [4.69, 9.17) is 4.74 Å². The minimum absolute atomic E-state index is 0.526. The van der Waals surface area contributed by atoms with Crippen LogP contribution in [0.1, 0.15) is 32.3 Å². The monoisotopic (exact) mass is 354 g/mol. The summed E-state index contributed by atoms with van der Waals surface area (Å²) in [6.45, 7) is 8.27. The van der Waals surface area contributed by atoms with Crippen LogP contribution in [0.5, 0.6) is 0 Å². The molecule has 0 radical (unpaired) electrons. The number of rotatable bonds is 9. The first-order valence-electron chi connectivity index (χ1n) is 7.86. The Morgan fingerprint density at radius 1 is 1.38 bits per heavy atom. The summed E-state index contributed by atoms with van der Waals surface area (Å²) < 4.78 is 6.25. The maximum absolute atomic E-state index is 5.10. The van der Waals surface area contributed by atoms with Crippen molar-refractivity contribution in [2.45, 2.75) is 39.3 Å². The second kappa shape index (κ2) is 8.16. The van der Waals surface area contributed by atoms with Gasteiger partial charge in [0.05, 0.1) is 6.61 Å².